The molecular formula is C14H16FNOS. The number of H-pyrrole nitrogens is 1. The van der Waals surface area contributed by atoms with Crippen LogP contribution in [0, 0.1) is 12.3 Å². The molecule has 1 aliphatic rings. The van der Waals surface area contributed by atoms with Crippen LogP contribution in [0.2, 0.25) is 0 Å². The van der Waals surface area contributed by atoms with E-state index in [-0.39, 0.29) is 15.9 Å². The van der Waals surface area contributed by atoms with Crippen LogP contribution in [-0.2, 0) is 5.67 Å². The molecule has 4 heteroatoms. The van der Waals surface area contributed by atoms with Crippen LogP contribution in [-0.4, -0.2) is 15.5 Å². The Morgan fingerprint density at radius 3 is 2.89 bits per heavy atom. The fourth-order valence-electron chi connectivity index (χ4n) is 2.43. The molecule has 1 unspecified atom stereocenters. The summed E-state index contributed by atoms with van der Waals surface area (Å²) >= 11 is 1.74. The number of hydrogen-bond acceptors (Lipinski definition) is 2. The van der Waals surface area contributed by atoms with Gasteiger partial charge in [-0.05, 0) is 18.2 Å². The highest BCUT2D eigenvalue weighted by atomic mass is 32.2. The summed E-state index contributed by atoms with van der Waals surface area (Å²) in [4.78, 5) is 14.4. The number of terminal acetylenes is 1. The highest BCUT2D eigenvalue weighted by Crippen LogP contribution is 2.47. The van der Waals surface area contributed by atoms with E-state index >= 15 is 4.39 Å². The van der Waals surface area contributed by atoms with Gasteiger partial charge in [-0.15, -0.1) is 6.42 Å². The monoisotopic (exact) mass is 265 g/mol. The number of pyridine rings is 1. The molecule has 2 nitrogen and oxygen atoms in total. The quantitative estimate of drug-likeness (QED) is 0.792. The second-order valence-electron chi connectivity index (χ2n) is 5.28. The topological polar surface area (TPSA) is 32.9 Å². The molecule has 96 valence electrons. The van der Waals surface area contributed by atoms with Crippen molar-refractivity contribution in [3.8, 4) is 12.3 Å². The Balaban J connectivity index is 2.47. The smallest absolute Gasteiger partial charge is 0.254 e. The van der Waals surface area contributed by atoms with E-state index in [1.54, 1.807) is 11.8 Å². The Hall–Kier alpha value is -1.21. The first-order valence-electron chi connectivity index (χ1n) is 5.89. The Labute approximate surface area is 110 Å². The third kappa shape index (κ3) is 2.46. The summed E-state index contributed by atoms with van der Waals surface area (Å²) in [6.07, 6.45) is 7.43. The summed E-state index contributed by atoms with van der Waals surface area (Å²) in [5, 5.41) is 0. The van der Waals surface area contributed by atoms with Crippen molar-refractivity contribution in [3.63, 3.8) is 0 Å². The lowest BCUT2D eigenvalue weighted by Crippen LogP contribution is -2.39. The third-order valence-corrected chi connectivity index (χ3v) is 4.58. The van der Waals surface area contributed by atoms with Crippen LogP contribution in [0.4, 0.5) is 4.39 Å². The summed E-state index contributed by atoms with van der Waals surface area (Å²) in [6, 6.07) is 1.50. The number of aromatic nitrogens is 1. The molecule has 2 rings (SSSR count). The maximum atomic E-state index is 15.1. The highest BCUT2D eigenvalue weighted by molar-refractivity contribution is 8.00. The zero-order valence-electron chi connectivity index (χ0n) is 10.5. The number of alkyl halides is 1. The molecule has 0 spiro atoms. The molecule has 0 amide bonds. The van der Waals surface area contributed by atoms with Crippen LogP contribution in [0.3, 0.4) is 0 Å². The van der Waals surface area contributed by atoms with Gasteiger partial charge in [0, 0.05) is 22.9 Å². The minimum absolute atomic E-state index is 0.161. The molecule has 0 bridgehead atoms. The number of aromatic amines is 1. The first-order chi connectivity index (χ1) is 8.36. The van der Waals surface area contributed by atoms with Gasteiger partial charge in [0.15, 0.2) is 0 Å². The molecule has 0 aromatic carbocycles. The predicted molar refractivity (Wildman–Crippen MR) is 73.6 cm³/mol. The molecule has 1 atom stereocenters. The van der Waals surface area contributed by atoms with Crippen LogP contribution in [0.1, 0.15) is 37.8 Å². The standard InChI is InChI=1S/C14H16FNOS/c1-4-10-7-11(12(17)16-8-10)14(15)5-6-18-13(2,3)9-14/h1,7-8H,5-6,9H2,2-3H3,(H,16,17). The van der Waals surface area contributed by atoms with Gasteiger partial charge in [-0.25, -0.2) is 4.39 Å². The first kappa shape index (κ1) is 13.2. The summed E-state index contributed by atoms with van der Waals surface area (Å²) in [7, 11) is 0. The average molecular weight is 265 g/mol. The molecule has 1 saturated heterocycles. The SMILES string of the molecule is C#Cc1c[nH]c(=O)c(C2(F)CCSC(C)(C)C2)c1. The van der Waals surface area contributed by atoms with E-state index in [0.29, 0.717) is 24.2 Å². The van der Waals surface area contributed by atoms with E-state index in [2.05, 4.69) is 10.9 Å². The maximum Gasteiger partial charge on any atom is 0.254 e. The number of thioether (sulfide) groups is 1. The van der Waals surface area contributed by atoms with Crippen molar-refractivity contribution < 1.29 is 4.39 Å². The van der Waals surface area contributed by atoms with Gasteiger partial charge in [-0.1, -0.05) is 19.8 Å². The molecule has 1 aliphatic heterocycles. The van der Waals surface area contributed by atoms with Crippen LogP contribution < -0.4 is 5.56 Å². The van der Waals surface area contributed by atoms with Crippen molar-refractivity contribution in [2.75, 3.05) is 5.75 Å². The zero-order chi connectivity index (χ0) is 13.4. The van der Waals surface area contributed by atoms with E-state index in [1.807, 2.05) is 13.8 Å². The van der Waals surface area contributed by atoms with E-state index < -0.39 is 5.67 Å². The molecule has 1 aromatic heterocycles. The van der Waals surface area contributed by atoms with Crippen LogP contribution in [0.15, 0.2) is 17.1 Å². The Bertz CT molecular complexity index is 558. The molecule has 1 aromatic rings. The Morgan fingerprint density at radius 1 is 1.56 bits per heavy atom. The van der Waals surface area contributed by atoms with Crippen molar-refractivity contribution in [1.82, 2.24) is 4.98 Å². The van der Waals surface area contributed by atoms with Crippen molar-refractivity contribution in [1.29, 1.82) is 0 Å². The number of hydrogen-bond donors (Lipinski definition) is 1. The molecule has 0 saturated carbocycles. The van der Waals surface area contributed by atoms with Crippen LogP contribution in [0.25, 0.3) is 0 Å². The Kier molecular flexibility index (Phi) is 3.29. The highest BCUT2D eigenvalue weighted by Gasteiger charge is 2.43. The summed E-state index contributed by atoms with van der Waals surface area (Å²) in [5.41, 5.74) is -1.27. The summed E-state index contributed by atoms with van der Waals surface area (Å²) in [6.45, 7) is 4.01. The predicted octanol–water partition coefficient (Wildman–Crippen LogP) is 2.83. The van der Waals surface area contributed by atoms with E-state index in [9.17, 15) is 4.79 Å². The molecule has 18 heavy (non-hydrogen) atoms. The largest absolute Gasteiger partial charge is 0.328 e. The van der Waals surface area contributed by atoms with Gasteiger partial charge in [0.25, 0.3) is 5.56 Å². The van der Waals surface area contributed by atoms with Gasteiger partial charge in [-0.3, -0.25) is 4.79 Å². The number of halogens is 1. The van der Waals surface area contributed by atoms with Gasteiger partial charge in [-0.2, -0.15) is 11.8 Å². The lowest BCUT2D eigenvalue weighted by Gasteiger charge is -2.39. The second-order valence-corrected chi connectivity index (χ2v) is 7.08. The number of rotatable bonds is 1. The minimum atomic E-state index is -1.57. The van der Waals surface area contributed by atoms with Crippen molar-refractivity contribution in [2.45, 2.75) is 37.1 Å². The Morgan fingerprint density at radius 2 is 2.28 bits per heavy atom. The third-order valence-electron chi connectivity index (χ3n) is 3.25. The summed E-state index contributed by atoms with van der Waals surface area (Å²) in [5.74, 6) is 3.14. The van der Waals surface area contributed by atoms with Crippen LogP contribution in [0.5, 0.6) is 0 Å². The zero-order valence-corrected chi connectivity index (χ0v) is 11.4. The second kappa shape index (κ2) is 4.47. The minimum Gasteiger partial charge on any atom is -0.328 e. The van der Waals surface area contributed by atoms with Crippen molar-refractivity contribution in [2.24, 2.45) is 0 Å². The van der Waals surface area contributed by atoms with Gasteiger partial charge >= 0.3 is 0 Å². The molecule has 2 heterocycles. The van der Waals surface area contributed by atoms with E-state index in [0.717, 1.165) is 0 Å². The fourth-order valence-corrected chi connectivity index (χ4v) is 3.74. The fraction of sp³-hybridized carbons (Fsp3) is 0.500. The first-order valence-corrected chi connectivity index (χ1v) is 6.88. The van der Waals surface area contributed by atoms with Crippen molar-refractivity contribution in [3.05, 3.63) is 33.7 Å². The van der Waals surface area contributed by atoms with Crippen molar-refractivity contribution >= 4 is 11.8 Å². The molecule has 1 fully saturated rings. The van der Waals surface area contributed by atoms with Crippen LogP contribution >= 0.6 is 11.8 Å². The number of nitrogens with one attached hydrogen (secondary N) is 1. The normalized spacial score (nSPS) is 26.6. The molecule has 0 aliphatic carbocycles. The van der Waals surface area contributed by atoms with Gasteiger partial charge in [0.2, 0.25) is 0 Å². The van der Waals surface area contributed by atoms with Gasteiger partial charge in [0.1, 0.15) is 5.67 Å². The lowest BCUT2D eigenvalue weighted by atomic mass is 9.84. The van der Waals surface area contributed by atoms with E-state index in [4.69, 9.17) is 6.42 Å². The average Bonchev–Trinajstić information content (AvgIpc) is 2.27. The molecule has 0 radical (unpaired) electrons. The van der Waals surface area contributed by atoms with Gasteiger partial charge < -0.3 is 4.98 Å². The molecular weight excluding hydrogens is 249 g/mol. The molecule has 1 N–H and O–H groups in total. The van der Waals surface area contributed by atoms with E-state index in [1.165, 1.54) is 12.3 Å². The lowest BCUT2D eigenvalue weighted by molar-refractivity contribution is 0.125. The summed E-state index contributed by atoms with van der Waals surface area (Å²) < 4.78 is 14.9. The van der Waals surface area contributed by atoms with Gasteiger partial charge in [0.05, 0.1) is 5.56 Å². The maximum absolute atomic E-state index is 15.1.